The summed E-state index contributed by atoms with van der Waals surface area (Å²) in [6.07, 6.45) is -1.07. The van der Waals surface area contributed by atoms with Crippen LogP contribution in [0.3, 0.4) is 0 Å². The summed E-state index contributed by atoms with van der Waals surface area (Å²) in [5.41, 5.74) is 0.965. The number of ether oxygens (including phenoxy) is 2. The highest BCUT2D eigenvalue weighted by atomic mass is 35.5. The summed E-state index contributed by atoms with van der Waals surface area (Å²) >= 11 is 8.98. The molecule has 2 aliphatic rings. The second kappa shape index (κ2) is 20.2. The van der Waals surface area contributed by atoms with Crippen LogP contribution in [-0.2, 0) is 39.1 Å². The van der Waals surface area contributed by atoms with E-state index in [0.29, 0.717) is 39.7 Å². The molecule has 8 rings (SSSR count). The SMILES string of the molecule is CC(C)(C)OC(=O)Nc1nc(C(=NOC(c2ccccc2)(c2ccccc2)c2ccccc2)C(=O)N[C@@H]2C(=O)N3C(C(=O)OC(c4ccccc4)c4ccccc4)=C(CC=O)CS[C@H]23)c(Cl)s1. The molecule has 3 heterocycles. The van der Waals surface area contributed by atoms with Gasteiger partial charge in [0.15, 0.2) is 16.9 Å². The molecule has 0 spiro atoms. The van der Waals surface area contributed by atoms with Crippen molar-refractivity contribution in [1.29, 1.82) is 0 Å². The van der Waals surface area contributed by atoms with Gasteiger partial charge in [0.05, 0.1) is 0 Å². The molecular formula is C51H44ClN5O8S2. The van der Waals surface area contributed by atoms with Gasteiger partial charge in [-0.05, 0) is 37.5 Å². The number of thiazole rings is 1. The number of nitrogens with one attached hydrogen (secondary N) is 2. The quantitative estimate of drug-likeness (QED) is 0.0253. The number of benzene rings is 5. The maximum Gasteiger partial charge on any atom is 0.413 e. The number of amides is 3. The zero-order valence-electron chi connectivity index (χ0n) is 36.5. The number of carbonyl (C=O) groups excluding carboxylic acids is 5. The lowest BCUT2D eigenvalue weighted by Crippen LogP contribution is -2.71. The third-order valence-corrected chi connectivity index (χ3v) is 13.2. The summed E-state index contributed by atoms with van der Waals surface area (Å²) < 4.78 is 11.6. The first kappa shape index (κ1) is 46.5. The Balaban J connectivity index is 1.15. The van der Waals surface area contributed by atoms with E-state index < -0.39 is 58.3 Å². The maximum atomic E-state index is 14.8. The third-order valence-electron chi connectivity index (χ3n) is 10.7. The molecule has 0 saturated carbocycles. The molecule has 0 unspecified atom stereocenters. The number of hydrogen-bond donors (Lipinski definition) is 2. The molecule has 2 atom stereocenters. The summed E-state index contributed by atoms with van der Waals surface area (Å²) in [4.78, 5) is 80.8. The van der Waals surface area contributed by atoms with Gasteiger partial charge < -0.3 is 24.4 Å². The van der Waals surface area contributed by atoms with Crippen molar-refractivity contribution in [2.75, 3.05) is 11.1 Å². The van der Waals surface area contributed by atoms with Gasteiger partial charge in [0.1, 0.15) is 39.0 Å². The molecule has 1 fully saturated rings. The van der Waals surface area contributed by atoms with Crippen LogP contribution >= 0.6 is 34.7 Å². The molecule has 67 heavy (non-hydrogen) atoms. The number of oxime groups is 1. The first-order valence-electron chi connectivity index (χ1n) is 21.2. The molecule has 2 N–H and O–H groups in total. The summed E-state index contributed by atoms with van der Waals surface area (Å²) in [6.45, 7) is 5.13. The lowest BCUT2D eigenvalue weighted by Gasteiger charge is -2.49. The number of esters is 1. The summed E-state index contributed by atoms with van der Waals surface area (Å²) in [5.74, 6) is -2.12. The van der Waals surface area contributed by atoms with Crippen molar-refractivity contribution in [3.05, 3.63) is 201 Å². The Morgan fingerprint density at radius 3 is 1.82 bits per heavy atom. The molecule has 0 bridgehead atoms. The average Bonchev–Trinajstić information content (AvgIpc) is 3.70. The fourth-order valence-electron chi connectivity index (χ4n) is 7.76. The van der Waals surface area contributed by atoms with Crippen molar-refractivity contribution >= 4 is 75.7 Å². The van der Waals surface area contributed by atoms with Gasteiger partial charge in [-0.15, -0.1) is 11.8 Å². The van der Waals surface area contributed by atoms with Gasteiger partial charge in [-0.3, -0.25) is 19.8 Å². The molecular weight excluding hydrogens is 910 g/mol. The largest absolute Gasteiger partial charge is 0.448 e. The monoisotopic (exact) mass is 953 g/mol. The highest BCUT2D eigenvalue weighted by Crippen LogP contribution is 2.44. The topological polar surface area (TPSA) is 166 Å². The van der Waals surface area contributed by atoms with Crippen molar-refractivity contribution < 1.29 is 38.3 Å². The van der Waals surface area contributed by atoms with Gasteiger partial charge in [-0.25, -0.2) is 14.6 Å². The number of thioether (sulfide) groups is 1. The lowest BCUT2D eigenvalue weighted by molar-refractivity contribution is -0.154. The lowest BCUT2D eigenvalue weighted by atomic mass is 9.80. The number of aromatic nitrogens is 1. The minimum atomic E-state index is -1.44. The van der Waals surface area contributed by atoms with Crippen molar-refractivity contribution in [2.45, 2.75) is 55.9 Å². The molecule has 5 aromatic carbocycles. The molecule has 13 nitrogen and oxygen atoms in total. The third kappa shape index (κ3) is 10.0. The second-order valence-corrected chi connectivity index (χ2v) is 19.1. The van der Waals surface area contributed by atoms with E-state index in [-0.39, 0.29) is 33.0 Å². The minimum absolute atomic E-state index is 0.00392. The fourth-order valence-corrected chi connectivity index (χ4v) is 10.2. The smallest absolute Gasteiger partial charge is 0.413 e. The Labute approximate surface area is 400 Å². The van der Waals surface area contributed by atoms with Crippen LogP contribution in [0.4, 0.5) is 9.93 Å². The van der Waals surface area contributed by atoms with E-state index in [9.17, 15) is 24.0 Å². The van der Waals surface area contributed by atoms with E-state index in [4.69, 9.17) is 25.9 Å². The van der Waals surface area contributed by atoms with Gasteiger partial charge in [0, 0.05) is 28.9 Å². The van der Waals surface area contributed by atoms with Crippen molar-refractivity contribution in [2.24, 2.45) is 5.16 Å². The molecule has 0 aliphatic carbocycles. The first-order valence-corrected chi connectivity index (χ1v) is 23.4. The number of carbonyl (C=O) groups is 5. The van der Waals surface area contributed by atoms with E-state index in [1.807, 2.05) is 152 Å². The molecule has 2 aliphatic heterocycles. The molecule has 6 aromatic rings. The fraction of sp³-hybridized carbons (Fsp3) is 0.196. The first-order chi connectivity index (χ1) is 32.4. The summed E-state index contributed by atoms with van der Waals surface area (Å²) in [6, 6.07) is 45.3. The van der Waals surface area contributed by atoms with Crippen LogP contribution in [0.5, 0.6) is 0 Å². The van der Waals surface area contributed by atoms with Crippen LogP contribution in [0.25, 0.3) is 0 Å². The summed E-state index contributed by atoms with van der Waals surface area (Å²) in [7, 11) is 0. The number of halogens is 1. The Hall–Kier alpha value is -7.07. The van der Waals surface area contributed by atoms with Crippen LogP contribution in [0.15, 0.2) is 168 Å². The maximum absolute atomic E-state index is 14.8. The predicted octanol–water partition coefficient (Wildman–Crippen LogP) is 9.43. The van der Waals surface area contributed by atoms with E-state index >= 15 is 0 Å². The molecule has 0 radical (unpaired) electrons. The van der Waals surface area contributed by atoms with Crippen LogP contribution in [-0.4, -0.2) is 68.5 Å². The van der Waals surface area contributed by atoms with E-state index in [2.05, 4.69) is 20.8 Å². The Kier molecular flexibility index (Phi) is 14.0. The van der Waals surface area contributed by atoms with Crippen LogP contribution in [0.2, 0.25) is 4.34 Å². The normalized spacial score (nSPS) is 16.1. The standard InChI is InChI=1S/C51H44ClN5O8S2/c1-50(2,3)64-49(62)55-48-54-38(43(52)67-48)39(56-65-51(35-23-13-6-14-24-35,36-25-15-7-16-26-36)37-27-17-8-18-28-37)44(59)53-40-45(60)57-41(34(29-30-58)31-66-46(40)57)47(61)63-42(32-19-9-4-10-20-32)33-21-11-5-12-22-33/h4-28,30,40,42,46H,29,31H2,1-3H3,(H,53,59)(H,54,55,62)/t40-,46-/m1/s1. The number of nitrogens with zero attached hydrogens (tertiary/aromatic N) is 3. The van der Waals surface area contributed by atoms with E-state index in [0.717, 1.165) is 11.3 Å². The zero-order valence-corrected chi connectivity index (χ0v) is 38.8. The Morgan fingerprint density at radius 2 is 1.33 bits per heavy atom. The molecule has 1 saturated heterocycles. The number of fused-ring (bicyclic) bond motifs is 1. The van der Waals surface area contributed by atoms with E-state index in [1.54, 1.807) is 20.8 Å². The number of anilines is 1. The van der Waals surface area contributed by atoms with Gasteiger partial charge in [-0.2, -0.15) is 0 Å². The van der Waals surface area contributed by atoms with Crippen molar-refractivity contribution in [3.63, 3.8) is 0 Å². The Bertz CT molecular complexity index is 2690. The number of rotatable bonds is 15. The van der Waals surface area contributed by atoms with Crippen LogP contribution in [0.1, 0.15) is 66.8 Å². The number of hydrogen-bond acceptors (Lipinski definition) is 12. The second-order valence-electron chi connectivity index (χ2n) is 16.4. The number of β-lactam (4-membered cyclic amide) rings is 1. The molecule has 3 amide bonds. The van der Waals surface area contributed by atoms with Gasteiger partial charge in [-0.1, -0.05) is 180 Å². The van der Waals surface area contributed by atoms with E-state index in [1.165, 1.54) is 16.7 Å². The van der Waals surface area contributed by atoms with Crippen molar-refractivity contribution in [3.8, 4) is 0 Å². The van der Waals surface area contributed by atoms with Gasteiger partial charge >= 0.3 is 12.1 Å². The molecule has 340 valence electrons. The van der Waals surface area contributed by atoms with Crippen LogP contribution < -0.4 is 10.6 Å². The minimum Gasteiger partial charge on any atom is -0.448 e. The van der Waals surface area contributed by atoms with Gasteiger partial charge in [0.25, 0.3) is 11.8 Å². The molecule has 1 aromatic heterocycles. The van der Waals surface area contributed by atoms with Gasteiger partial charge in [0.2, 0.25) is 5.60 Å². The summed E-state index contributed by atoms with van der Waals surface area (Å²) in [5, 5.41) is 9.19. The highest BCUT2D eigenvalue weighted by Gasteiger charge is 2.55. The highest BCUT2D eigenvalue weighted by molar-refractivity contribution is 8.00. The average molecular weight is 955 g/mol. The van der Waals surface area contributed by atoms with Crippen LogP contribution in [0, 0.1) is 0 Å². The molecule has 16 heteroatoms. The van der Waals surface area contributed by atoms with Crippen molar-refractivity contribution in [1.82, 2.24) is 15.2 Å². The zero-order chi connectivity index (χ0) is 47.1. The Morgan fingerprint density at radius 1 is 0.821 bits per heavy atom. The predicted molar refractivity (Wildman–Crippen MR) is 257 cm³/mol. The number of aldehydes is 1.